The molecule has 29 heavy (non-hydrogen) atoms. The zero-order valence-corrected chi connectivity index (χ0v) is 15.1. The number of carbonyl (C=O) groups is 1. The van der Waals surface area contributed by atoms with Crippen LogP contribution in [-0.2, 0) is 6.54 Å². The van der Waals surface area contributed by atoms with Gasteiger partial charge in [-0.3, -0.25) is 15.6 Å². The Morgan fingerprint density at radius 2 is 1.90 bits per heavy atom. The van der Waals surface area contributed by atoms with Crippen molar-refractivity contribution in [3.63, 3.8) is 0 Å². The van der Waals surface area contributed by atoms with Crippen LogP contribution in [0.15, 0.2) is 48.8 Å². The summed E-state index contributed by atoms with van der Waals surface area (Å²) in [6.07, 6.45) is 1.29. The highest BCUT2D eigenvalue weighted by Gasteiger charge is 2.15. The van der Waals surface area contributed by atoms with Gasteiger partial charge in [0.05, 0.1) is 5.56 Å². The van der Waals surface area contributed by atoms with Crippen LogP contribution in [0, 0.1) is 5.82 Å². The lowest BCUT2D eigenvalue weighted by molar-refractivity contribution is 0.0958. The maximum Gasteiger partial charge on any atom is 0.272 e. The number of anilines is 3. The molecule has 0 saturated heterocycles. The van der Waals surface area contributed by atoms with Crippen LogP contribution in [0.5, 0.6) is 11.5 Å². The topological polar surface area (TPSA) is 123 Å². The molecular formula is C19H17FN6O3. The van der Waals surface area contributed by atoms with E-state index in [0.717, 1.165) is 5.56 Å². The molecule has 4 rings (SSSR count). The number of hydrazine groups is 1. The number of carbonyl (C=O) groups excluding carboxylic acids is 1. The van der Waals surface area contributed by atoms with Crippen molar-refractivity contribution in [2.75, 3.05) is 23.3 Å². The minimum absolute atomic E-state index is 0.103. The van der Waals surface area contributed by atoms with Gasteiger partial charge < -0.3 is 20.5 Å². The van der Waals surface area contributed by atoms with Crippen molar-refractivity contribution in [1.82, 2.24) is 15.4 Å². The first-order chi connectivity index (χ1) is 14.1. The monoisotopic (exact) mass is 396 g/mol. The van der Waals surface area contributed by atoms with Crippen molar-refractivity contribution in [1.29, 1.82) is 0 Å². The summed E-state index contributed by atoms with van der Waals surface area (Å²) in [5.41, 5.74) is 12.1. The minimum atomic E-state index is -0.656. The fourth-order valence-corrected chi connectivity index (χ4v) is 2.70. The van der Waals surface area contributed by atoms with Crippen LogP contribution in [0.2, 0.25) is 0 Å². The summed E-state index contributed by atoms with van der Waals surface area (Å²) < 4.78 is 24.3. The Hall–Kier alpha value is -4.08. The summed E-state index contributed by atoms with van der Waals surface area (Å²) in [5, 5.41) is 3.10. The number of nitrogens with two attached hydrogens (primary N) is 1. The molecule has 1 aromatic heterocycles. The van der Waals surface area contributed by atoms with Gasteiger partial charge in [0.25, 0.3) is 5.91 Å². The predicted octanol–water partition coefficient (Wildman–Crippen LogP) is 2.30. The van der Waals surface area contributed by atoms with Crippen molar-refractivity contribution in [2.45, 2.75) is 6.54 Å². The number of fused-ring (bicyclic) bond motifs is 1. The molecule has 0 bridgehead atoms. The molecule has 9 nitrogen and oxygen atoms in total. The molecule has 0 radical (unpaired) electrons. The maximum absolute atomic E-state index is 13.7. The summed E-state index contributed by atoms with van der Waals surface area (Å²) >= 11 is 0. The average molecular weight is 396 g/mol. The van der Waals surface area contributed by atoms with Crippen LogP contribution in [0.3, 0.4) is 0 Å². The molecule has 0 aliphatic carbocycles. The minimum Gasteiger partial charge on any atom is -0.454 e. The van der Waals surface area contributed by atoms with E-state index in [9.17, 15) is 9.18 Å². The van der Waals surface area contributed by atoms with Gasteiger partial charge in [-0.05, 0) is 29.8 Å². The quantitative estimate of drug-likeness (QED) is 0.468. The summed E-state index contributed by atoms with van der Waals surface area (Å²) in [7, 11) is 0. The van der Waals surface area contributed by atoms with E-state index in [1.165, 1.54) is 24.5 Å². The van der Waals surface area contributed by atoms with Gasteiger partial charge in [0.15, 0.2) is 23.1 Å². The summed E-state index contributed by atoms with van der Waals surface area (Å²) in [5.74, 6) is 0.647. The first-order valence-corrected chi connectivity index (χ1v) is 8.65. The molecule has 1 aliphatic heterocycles. The number of nitrogen functional groups attached to an aromatic ring is 1. The lowest BCUT2D eigenvalue weighted by Gasteiger charge is -2.13. The molecule has 0 atom stereocenters. The van der Waals surface area contributed by atoms with Crippen LogP contribution in [0.1, 0.15) is 15.9 Å². The second-order valence-corrected chi connectivity index (χ2v) is 6.08. The number of aromatic nitrogens is 2. The third-order valence-corrected chi connectivity index (χ3v) is 4.19. The van der Waals surface area contributed by atoms with Crippen LogP contribution < -0.4 is 31.4 Å². The Kier molecular flexibility index (Phi) is 4.97. The van der Waals surface area contributed by atoms with Crippen molar-refractivity contribution >= 4 is 23.2 Å². The maximum atomic E-state index is 13.7. The number of benzene rings is 2. The number of nitrogens with one attached hydrogen (secondary N) is 3. The summed E-state index contributed by atoms with van der Waals surface area (Å²) in [4.78, 5) is 20.2. The van der Waals surface area contributed by atoms with Gasteiger partial charge in [-0.2, -0.15) is 0 Å². The molecule has 1 aliphatic rings. The van der Waals surface area contributed by atoms with Gasteiger partial charge in [0.1, 0.15) is 17.8 Å². The number of ether oxygens (including phenoxy) is 2. The molecule has 148 valence electrons. The fraction of sp³-hybridized carbons (Fsp3) is 0.105. The molecule has 0 unspecified atom stereocenters. The summed E-state index contributed by atoms with van der Waals surface area (Å²) in [6, 6.07) is 11.2. The Bertz CT molecular complexity index is 1060. The third kappa shape index (κ3) is 3.95. The number of amides is 1. The molecule has 10 heteroatoms. The summed E-state index contributed by atoms with van der Waals surface area (Å²) in [6.45, 7) is 0.636. The number of rotatable bonds is 6. The molecule has 5 N–H and O–H groups in total. The highest BCUT2D eigenvalue weighted by atomic mass is 19.1. The molecule has 0 saturated carbocycles. The fourth-order valence-electron chi connectivity index (χ4n) is 2.70. The van der Waals surface area contributed by atoms with E-state index >= 15 is 0 Å². The second kappa shape index (κ2) is 7.89. The SMILES string of the molecule is Nc1c(NCc2ccc3c(c2)OCO3)ncnc1NNC(=O)c1ccccc1F. The van der Waals surface area contributed by atoms with Gasteiger partial charge in [-0.1, -0.05) is 18.2 Å². The van der Waals surface area contributed by atoms with E-state index in [4.69, 9.17) is 15.2 Å². The third-order valence-electron chi connectivity index (χ3n) is 4.19. The van der Waals surface area contributed by atoms with E-state index in [0.29, 0.717) is 23.9 Å². The van der Waals surface area contributed by atoms with Crippen LogP contribution in [0.4, 0.5) is 21.7 Å². The van der Waals surface area contributed by atoms with E-state index in [2.05, 4.69) is 26.1 Å². The van der Waals surface area contributed by atoms with E-state index in [-0.39, 0.29) is 23.9 Å². The van der Waals surface area contributed by atoms with Crippen molar-refractivity contribution in [2.24, 2.45) is 0 Å². The first kappa shape index (κ1) is 18.3. The van der Waals surface area contributed by atoms with Crippen molar-refractivity contribution < 1.29 is 18.7 Å². The lowest BCUT2D eigenvalue weighted by Crippen LogP contribution is -2.31. The van der Waals surface area contributed by atoms with Gasteiger partial charge in [0.2, 0.25) is 6.79 Å². The molecule has 3 aromatic rings. The van der Waals surface area contributed by atoms with E-state index in [1.807, 2.05) is 18.2 Å². The normalized spacial score (nSPS) is 11.8. The zero-order chi connectivity index (χ0) is 20.2. The molecule has 2 heterocycles. The Labute approximate surface area is 165 Å². The molecule has 0 fully saturated rings. The molecular weight excluding hydrogens is 379 g/mol. The standard InChI is InChI=1S/C19H17FN6O3/c20-13-4-2-1-3-12(13)19(27)26-25-18-16(21)17(23-9-24-18)22-8-11-5-6-14-15(7-11)29-10-28-14/h1-7,9H,8,10,21H2,(H,26,27)(H2,22,23,24,25). The molecule has 0 spiro atoms. The molecule has 2 aromatic carbocycles. The van der Waals surface area contributed by atoms with Crippen LogP contribution >= 0.6 is 0 Å². The molecule has 1 amide bonds. The highest BCUT2D eigenvalue weighted by molar-refractivity contribution is 5.95. The number of halogens is 1. The predicted molar refractivity (Wildman–Crippen MR) is 104 cm³/mol. The largest absolute Gasteiger partial charge is 0.454 e. The first-order valence-electron chi connectivity index (χ1n) is 8.65. The Balaban J connectivity index is 1.41. The van der Waals surface area contributed by atoms with Gasteiger partial charge >= 0.3 is 0 Å². The van der Waals surface area contributed by atoms with Crippen molar-refractivity contribution in [3.8, 4) is 11.5 Å². The second-order valence-electron chi connectivity index (χ2n) is 6.08. The number of hydrogen-bond acceptors (Lipinski definition) is 8. The zero-order valence-electron chi connectivity index (χ0n) is 15.1. The smallest absolute Gasteiger partial charge is 0.272 e. The van der Waals surface area contributed by atoms with Gasteiger partial charge in [-0.15, -0.1) is 0 Å². The van der Waals surface area contributed by atoms with Crippen LogP contribution in [-0.4, -0.2) is 22.7 Å². The van der Waals surface area contributed by atoms with Gasteiger partial charge in [-0.25, -0.2) is 14.4 Å². The average Bonchev–Trinajstić information content (AvgIpc) is 3.20. The lowest BCUT2D eigenvalue weighted by atomic mass is 10.2. The van der Waals surface area contributed by atoms with Gasteiger partial charge in [0, 0.05) is 6.54 Å². The number of hydrogen-bond donors (Lipinski definition) is 4. The Morgan fingerprint density at radius 3 is 2.76 bits per heavy atom. The van der Waals surface area contributed by atoms with E-state index in [1.54, 1.807) is 6.07 Å². The van der Waals surface area contributed by atoms with E-state index < -0.39 is 11.7 Å². The number of nitrogens with zero attached hydrogens (tertiary/aromatic N) is 2. The Morgan fingerprint density at radius 1 is 1.10 bits per heavy atom. The van der Waals surface area contributed by atoms with Crippen molar-refractivity contribution in [3.05, 3.63) is 65.7 Å². The van der Waals surface area contributed by atoms with Crippen LogP contribution in [0.25, 0.3) is 0 Å². The highest BCUT2D eigenvalue weighted by Crippen LogP contribution is 2.32.